The van der Waals surface area contributed by atoms with Crippen molar-refractivity contribution in [3.63, 3.8) is 0 Å². The Hall–Kier alpha value is -1.05. The smallest absolute Gasteiger partial charge is 0.254 e. The maximum atomic E-state index is 12.0. The van der Waals surface area contributed by atoms with Crippen molar-refractivity contribution in [3.05, 3.63) is 46.0 Å². The van der Waals surface area contributed by atoms with Crippen LogP contribution in [0.25, 0.3) is 0 Å². The Labute approximate surface area is 146 Å². The number of likely N-dealkylation sites (N-methyl/N-ethyl adjacent to an activating group) is 1. The van der Waals surface area contributed by atoms with Crippen molar-refractivity contribution in [2.45, 2.75) is 12.6 Å². The van der Waals surface area contributed by atoms with Crippen LogP contribution in [0.4, 0.5) is 0 Å². The summed E-state index contributed by atoms with van der Waals surface area (Å²) in [5.41, 5.74) is 5.97. The van der Waals surface area contributed by atoms with Gasteiger partial charge in [0.25, 0.3) is 5.91 Å². The fourth-order valence-corrected chi connectivity index (χ4v) is 2.84. The second kappa shape index (κ2) is 9.86. The fourth-order valence-electron chi connectivity index (χ4n) is 1.92. The second-order valence-corrected chi connectivity index (χ2v) is 5.69. The largest absolute Gasteiger partial charge is 0.467 e. The predicted octanol–water partition coefficient (Wildman–Crippen LogP) is 2.68. The summed E-state index contributed by atoms with van der Waals surface area (Å²) in [6.07, 6.45) is 1.44. The normalized spacial score (nSPS) is 11.5. The lowest BCUT2D eigenvalue weighted by atomic mass is 10.2. The number of furan rings is 1. The standard InChI is InChI=1S/C14H19N3O2S.2ClH/c1-17(2)12(13-4-3-5-20-13)8-16-14(18)10-6-11(7-15)19-9-10;;/h3-6,9,12H,7-8,15H2,1-2H3,(H,16,18);2*1H. The minimum atomic E-state index is -0.142. The number of hydrogen-bond donors (Lipinski definition) is 2. The number of carbonyl (C=O) groups is 1. The van der Waals surface area contributed by atoms with Gasteiger partial charge in [0.15, 0.2) is 0 Å². The number of carbonyl (C=O) groups excluding carboxylic acids is 1. The molecule has 1 amide bonds. The summed E-state index contributed by atoms with van der Waals surface area (Å²) < 4.78 is 5.17. The monoisotopic (exact) mass is 365 g/mol. The van der Waals surface area contributed by atoms with Crippen molar-refractivity contribution in [2.75, 3.05) is 20.6 Å². The summed E-state index contributed by atoms with van der Waals surface area (Å²) in [4.78, 5) is 15.4. The number of thiophene rings is 1. The fraction of sp³-hybridized carbons (Fsp3) is 0.357. The molecule has 2 heterocycles. The molecule has 8 heteroatoms. The van der Waals surface area contributed by atoms with Gasteiger partial charge in [0, 0.05) is 11.4 Å². The first-order valence-electron chi connectivity index (χ1n) is 6.37. The Morgan fingerprint density at radius 1 is 1.45 bits per heavy atom. The van der Waals surface area contributed by atoms with E-state index in [2.05, 4.69) is 16.3 Å². The molecule has 0 fully saturated rings. The van der Waals surface area contributed by atoms with Gasteiger partial charge in [-0.2, -0.15) is 0 Å². The number of nitrogens with zero attached hydrogens (tertiary/aromatic N) is 1. The number of hydrogen-bond acceptors (Lipinski definition) is 5. The summed E-state index contributed by atoms with van der Waals surface area (Å²) >= 11 is 1.69. The molecular formula is C14H21Cl2N3O2S. The number of nitrogens with two attached hydrogens (primary N) is 1. The topological polar surface area (TPSA) is 71.5 Å². The molecule has 0 radical (unpaired) electrons. The lowest BCUT2D eigenvalue weighted by molar-refractivity contribution is 0.0941. The quantitative estimate of drug-likeness (QED) is 0.825. The van der Waals surface area contributed by atoms with Crippen molar-refractivity contribution < 1.29 is 9.21 Å². The number of amides is 1. The van der Waals surface area contributed by atoms with Gasteiger partial charge < -0.3 is 20.4 Å². The van der Waals surface area contributed by atoms with Crippen LogP contribution in [0, 0.1) is 0 Å². The van der Waals surface area contributed by atoms with Gasteiger partial charge in [-0.1, -0.05) is 6.07 Å². The molecule has 0 aliphatic rings. The molecule has 0 aliphatic heterocycles. The first-order chi connectivity index (χ1) is 9.61. The summed E-state index contributed by atoms with van der Waals surface area (Å²) in [5, 5.41) is 4.97. The summed E-state index contributed by atoms with van der Waals surface area (Å²) in [7, 11) is 4.00. The van der Waals surface area contributed by atoms with Crippen molar-refractivity contribution in [1.82, 2.24) is 10.2 Å². The highest BCUT2D eigenvalue weighted by Gasteiger charge is 2.17. The van der Waals surface area contributed by atoms with E-state index in [1.165, 1.54) is 11.1 Å². The molecule has 1 atom stereocenters. The summed E-state index contributed by atoms with van der Waals surface area (Å²) in [5.74, 6) is 0.467. The molecule has 3 N–H and O–H groups in total. The molecule has 0 aliphatic carbocycles. The van der Waals surface area contributed by atoms with Gasteiger partial charge in [0.1, 0.15) is 12.0 Å². The predicted molar refractivity (Wildman–Crippen MR) is 94.2 cm³/mol. The number of nitrogens with one attached hydrogen (secondary N) is 1. The number of halogens is 2. The van der Waals surface area contributed by atoms with Gasteiger partial charge in [-0.25, -0.2) is 0 Å². The van der Waals surface area contributed by atoms with Crippen LogP contribution >= 0.6 is 36.2 Å². The van der Waals surface area contributed by atoms with Crippen LogP contribution in [-0.2, 0) is 6.54 Å². The molecule has 2 rings (SSSR count). The average Bonchev–Trinajstić information content (AvgIpc) is 3.09. The molecule has 0 saturated carbocycles. The van der Waals surface area contributed by atoms with Gasteiger partial charge in [-0.3, -0.25) is 4.79 Å². The molecule has 1 unspecified atom stereocenters. The Bertz CT molecular complexity index is 558. The molecule has 5 nitrogen and oxygen atoms in total. The molecular weight excluding hydrogens is 345 g/mol. The van der Waals surface area contributed by atoms with Crippen LogP contribution < -0.4 is 11.1 Å². The van der Waals surface area contributed by atoms with Crippen molar-refractivity contribution >= 4 is 42.1 Å². The summed E-state index contributed by atoms with van der Waals surface area (Å²) in [6.45, 7) is 0.846. The zero-order valence-electron chi connectivity index (χ0n) is 12.4. The van der Waals surface area contributed by atoms with E-state index in [0.29, 0.717) is 24.4 Å². The second-order valence-electron chi connectivity index (χ2n) is 4.71. The van der Waals surface area contributed by atoms with Gasteiger partial charge in [-0.05, 0) is 31.6 Å². The van der Waals surface area contributed by atoms with E-state index in [1.807, 2.05) is 25.5 Å². The Balaban J connectivity index is 0.00000220. The van der Waals surface area contributed by atoms with Crippen LogP contribution in [0.15, 0.2) is 34.3 Å². The van der Waals surface area contributed by atoms with Gasteiger partial charge in [0.05, 0.1) is 18.2 Å². The average molecular weight is 366 g/mol. The van der Waals surface area contributed by atoms with Gasteiger partial charge >= 0.3 is 0 Å². The van der Waals surface area contributed by atoms with Crippen molar-refractivity contribution in [3.8, 4) is 0 Å². The molecule has 22 heavy (non-hydrogen) atoms. The first kappa shape index (κ1) is 20.9. The first-order valence-corrected chi connectivity index (χ1v) is 7.25. The van der Waals surface area contributed by atoms with Crippen molar-refractivity contribution in [2.24, 2.45) is 5.73 Å². The van der Waals surface area contributed by atoms with E-state index >= 15 is 0 Å². The highest BCUT2D eigenvalue weighted by Crippen LogP contribution is 2.22. The molecule has 0 aromatic carbocycles. The molecule has 2 aromatic rings. The van der Waals surface area contributed by atoms with E-state index in [0.717, 1.165) is 0 Å². The minimum absolute atomic E-state index is 0. The minimum Gasteiger partial charge on any atom is -0.467 e. The Kier molecular flexibility index (Phi) is 9.39. The Morgan fingerprint density at radius 3 is 2.68 bits per heavy atom. The molecule has 0 spiro atoms. The van der Waals surface area contributed by atoms with Crippen LogP contribution in [0.2, 0.25) is 0 Å². The highest BCUT2D eigenvalue weighted by atomic mass is 35.5. The highest BCUT2D eigenvalue weighted by molar-refractivity contribution is 7.10. The van der Waals surface area contributed by atoms with Crippen LogP contribution in [0.3, 0.4) is 0 Å². The van der Waals surface area contributed by atoms with Crippen LogP contribution in [0.1, 0.15) is 27.0 Å². The lowest BCUT2D eigenvalue weighted by Crippen LogP contribution is -2.34. The van der Waals surface area contributed by atoms with Crippen LogP contribution in [0.5, 0.6) is 0 Å². The van der Waals surface area contributed by atoms with E-state index in [-0.39, 0.29) is 36.8 Å². The van der Waals surface area contributed by atoms with Gasteiger partial charge in [-0.15, -0.1) is 36.2 Å². The van der Waals surface area contributed by atoms with Gasteiger partial charge in [0.2, 0.25) is 0 Å². The van der Waals surface area contributed by atoms with E-state index in [4.69, 9.17) is 10.2 Å². The summed E-state index contributed by atoms with van der Waals surface area (Å²) in [6, 6.07) is 5.93. The SMILES string of the molecule is CN(C)C(CNC(=O)c1coc(CN)c1)c1cccs1.Cl.Cl. The molecule has 0 saturated heterocycles. The van der Waals surface area contributed by atoms with E-state index < -0.39 is 0 Å². The molecule has 0 bridgehead atoms. The lowest BCUT2D eigenvalue weighted by Gasteiger charge is -2.23. The molecule has 2 aromatic heterocycles. The molecule has 124 valence electrons. The number of rotatable bonds is 6. The van der Waals surface area contributed by atoms with E-state index in [9.17, 15) is 4.79 Å². The zero-order chi connectivity index (χ0) is 14.5. The zero-order valence-corrected chi connectivity index (χ0v) is 14.9. The third-order valence-electron chi connectivity index (χ3n) is 3.07. The third-order valence-corrected chi connectivity index (χ3v) is 4.04. The third kappa shape index (κ3) is 5.30. The van der Waals surface area contributed by atoms with Crippen molar-refractivity contribution in [1.29, 1.82) is 0 Å². The Morgan fingerprint density at radius 2 is 2.18 bits per heavy atom. The maximum Gasteiger partial charge on any atom is 0.254 e. The van der Waals surface area contributed by atoms with E-state index in [1.54, 1.807) is 17.4 Å². The van der Waals surface area contributed by atoms with Crippen LogP contribution in [-0.4, -0.2) is 31.4 Å². The maximum absolute atomic E-state index is 12.0.